The monoisotopic (exact) mass is 284 g/mol. The number of rotatable bonds is 6. The lowest BCUT2D eigenvalue weighted by atomic mass is 10.0. The van der Waals surface area contributed by atoms with Crippen LogP contribution in [-0.4, -0.2) is 14.5 Å². The van der Waals surface area contributed by atoms with Crippen LogP contribution >= 0.6 is 0 Å². The Morgan fingerprint density at radius 2 is 1.95 bits per heavy atom. The lowest BCUT2D eigenvalue weighted by Gasteiger charge is -2.18. The van der Waals surface area contributed by atoms with Gasteiger partial charge in [-0.3, -0.25) is 0 Å². The molecular weight excluding hydrogens is 260 g/mol. The molecule has 0 aliphatic carbocycles. The molecule has 0 heterocycles. The number of nitrogen functional groups attached to an aromatic ring is 1. The fourth-order valence-electron chi connectivity index (χ4n) is 2.12. The molecule has 2 atom stereocenters. The molecule has 0 saturated carbocycles. The molecule has 0 aliphatic rings. The first-order valence-electron chi connectivity index (χ1n) is 6.64. The second-order valence-electron chi connectivity index (χ2n) is 5.30. The highest BCUT2D eigenvalue weighted by molar-refractivity contribution is 7.89. The topological polar surface area (TPSA) is 72.2 Å². The van der Waals surface area contributed by atoms with E-state index in [1.807, 2.05) is 6.92 Å². The van der Waals surface area contributed by atoms with Gasteiger partial charge in [0.1, 0.15) is 0 Å². The zero-order valence-electron chi connectivity index (χ0n) is 12.1. The number of nitrogens with one attached hydrogen (secondary N) is 1. The smallest absolute Gasteiger partial charge is 0.241 e. The first-order chi connectivity index (χ1) is 8.76. The van der Waals surface area contributed by atoms with E-state index >= 15 is 0 Å². The summed E-state index contributed by atoms with van der Waals surface area (Å²) in [4.78, 5) is 0.303. The molecule has 0 radical (unpaired) electrons. The Kier molecular flexibility index (Phi) is 5.38. The van der Waals surface area contributed by atoms with Gasteiger partial charge < -0.3 is 5.73 Å². The van der Waals surface area contributed by atoms with Crippen LogP contribution in [0.15, 0.2) is 23.1 Å². The van der Waals surface area contributed by atoms with Crippen molar-refractivity contribution in [1.29, 1.82) is 0 Å². The number of nitrogens with two attached hydrogens (primary N) is 1. The lowest BCUT2D eigenvalue weighted by molar-refractivity contribution is 0.445. The SMILES string of the molecule is CCC(C)CC(C)NS(=O)(=O)c1ccc(N)cc1C. The van der Waals surface area contributed by atoms with Gasteiger partial charge in [0.25, 0.3) is 0 Å². The normalized spacial score (nSPS) is 15.2. The molecule has 0 spiro atoms. The summed E-state index contributed by atoms with van der Waals surface area (Å²) in [7, 11) is -3.47. The number of benzene rings is 1. The van der Waals surface area contributed by atoms with Crippen molar-refractivity contribution in [1.82, 2.24) is 4.72 Å². The Morgan fingerprint density at radius 3 is 2.47 bits per heavy atom. The first-order valence-corrected chi connectivity index (χ1v) is 8.13. The Hall–Kier alpha value is -1.07. The molecule has 2 unspecified atom stereocenters. The van der Waals surface area contributed by atoms with Gasteiger partial charge in [0.15, 0.2) is 0 Å². The van der Waals surface area contributed by atoms with Crippen molar-refractivity contribution in [3.8, 4) is 0 Å². The summed E-state index contributed by atoms with van der Waals surface area (Å²) in [6.07, 6.45) is 1.89. The van der Waals surface area contributed by atoms with E-state index in [0.717, 1.165) is 12.8 Å². The van der Waals surface area contributed by atoms with Crippen molar-refractivity contribution < 1.29 is 8.42 Å². The Balaban J connectivity index is 2.86. The maximum atomic E-state index is 12.3. The van der Waals surface area contributed by atoms with E-state index in [2.05, 4.69) is 18.6 Å². The largest absolute Gasteiger partial charge is 0.399 e. The van der Waals surface area contributed by atoms with E-state index in [1.165, 1.54) is 0 Å². The minimum Gasteiger partial charge on any atom is -0.399 e. The summed E-state index contributed by atoms with van der Waals surface area (Å²) < 4.78 is 27.3. The van der Waals surface area contributed by atoms with Crippen molar-refractivity contribution in [3.63, 3.8) is 0 Å². The maximum absolute atomic E-state index is 12.3. The predicted molar refractivity (Wildman–Crippen MR) is 79.4 cm³/mol. The van der Waals surface area contributed by atoms with E-state index in [1.54, 1.807) is 25.1 Å². The number of aryl methyl sites for hydroxylation is 1. The highest BCUT2D eigenvalue weighted by atomic mass is 32.2. The molecule has 0 aromatic heterocycles. The van der Waals surface area contributed by atoms with Crippen molar-refractivity contribution in [3.05, 3.63) is 23.8 Å². The number of hydrogen-bond acceptors (Lipinski definition) is 3. The molecular formula is C14H24N2O2S. The number of sulfonamides is 1. The standard InChI is InChI=1S/C14H24N2O2S/c1-5-10(2)8-12(4)16-19(17,18)14-7-6-13(15)9-11(14)3/h6-7,9-10,12,16H,5,8,15H2,1-4H3. The fourth-order valence-corrected chi connectivity index (χ4v) is 3.60. The van der Waals surface area contributed by atoms with E-state index in [0.29, 0.717) is 22.1 Å². The summed E-state index contributed by atoms with van der Waals surface area (Å²) in [5.41, 5.74) is 6.88. The van der Waals surface area contributed by atoms with Gasteiger partial charge >= 0.3 is 0 Å². The molecule has 108 valence electrons. The van der Waals surface area contributed by atoms with E-state index in [-0.39, 0.29) is 6.04 Å². The van der Waals surface area contributed by atoms with Crippen LogP contribution in [0.5, 0.6) is 0 Å². The van der Waals surface area contributed by atoms with Gasteiger partial charge in [-0.05, 0) is 49.9 Å². The molecule has 0 amide bonds. The quantitative estimate of drug-likeness (QED) is 0.789. The van der Waals surface area contributed by atoms with Crippen LogP contribution in [0.1, 0.15) is 39.2 Å². The minimum atomic E-state index is -3.47. The summed E-state index contributed by atoms with van der Waals surface area (Å²) in [6, 6.07) is 4.77. The highest BCUT2D eigenvalue weighted by Gasteiger charge is 2.20. The molecule has 4 nitrogen and oxygen atoms in total. The molecule has 0 bridgehead atoms. The zero-order valence-corrected chi connectivity index (χ0v) is 12.9. The van der Waals surface area contributed by atoms with E-state index < -0.39 is 10.0 Å². The van der Waals surface area contributed by atoms with Crippen molar-refractivity contribution in [2.45, 2.75) is 51.5 Å². The van der Waals surface area contributed by atoms with Crippen LogP contribution in [0.25, 0.3) is 0 Å². The van der Waals surface area contributed by atoms with Crippen LogP contribution in [-0.2, 0) is 10.0 Å². The van der Waals surface area contributed by atoms with Crippen molar-refractivity contribution in [2.75, 3.05) is 5.73 Å². The predicted octanol–water partition coefficient (Wildman–Crippen LogP) is 2.68. The molecule has 3 N–H and O–H groups in total. The lowest BCUT2D eigenvalue weighted by Crippen LogP contribution is -2.34. The van der Waals surface area contributed by atoms with Gasteiger partial charge in [0.2, 0.25) is 10.0 Å². The third-order valence-corrected chi connectivity index (χ3v) is 5.05. The summed E-state index contributed by atoms with van der Waals surface area (Å²) >= 11 is 0. The third kappa shape index (κ3) is 4.51. The Bertz CT molecular complexity index is 526. The molecule has 1 aromatic carbocycles. The second-order valence-corrected chi connectivity index (χ2v) is 6.98. The third-order valence-electron chi connectivity index (χ3n) is 3.30. The molecule has 1 aromatic rings. The maximum Gasteiger partial charge on any atom is 0.241 e. The van der Waals surface area contributed by atoms with Gasteiger partial charge in [-0.25, -0.2) is 13.1 Å². The second kappa shape index (κ2) is 6.39. The van der Waals surface area contributed by atoms with Crippen LogP contribution in [0, 0.1) is 12.8 Å². The molecule has 5 heteroatoms. The highest BCUT2D eigenvalue weighted by Crippen LogP contribution is 2.19. The average Bonchev–Trinajstić information content (AvgIpc) is 2.26. The Morgan fingerprint density at radius 1 is 1.32 bits per heavy atom. The average molecular weight is 284 g/mol. The minimum absolute atomic E-state index is 0.0723. The molecule has 1 rings (SSSR count). The molecule has 0 saturated heterocycles. The van der Waals surface area contributed by atoms with Crippen molar-refractivity contribution in [2.24, 2.45) is 5.92 Å². The Labute approximate surface area is 116 Å². The summed E-state index contributed by atoms with van der Waals surface area (Å²) in [5, 5.41) is 0. The first kappa shape index (κ1) is 16.0. The zero-order chi connectivity index (χ0) is 14.6. The van der Waals surface area contributed by atoms with Crippen LogP contribution in [0.4, 0.5) is 5.69 Å². The van der Waals surface area contributed by atoms with Crippen LogP contribution in [0.3, 0.4) is 0 Å². The van der Waals surface area contributed by atoms with Gasteiger partial charge in [-0.2, -0.15) is 0 Å². The van der Waals surface area contributed by atoms with E-state index in [4.69, 9.17) is 5.73 Å². The van der Waals surface area contributed by atoms with Gasteiger partial charge in [-0.1, -0.05) is 20.3 Å². The number of hydrogen-bond donors (Lipinski definition) is 2. The summed E-state index contributed by atoms with van der Waals surface area (Å²) in [5.74, 6) is 0.505. The number of anilines is 1. The van der Waals surface area contributed by atoms with Gasteiger partial charge in [0.05, 0.1) is 4.90 Å². The fraction of sp³-hybridized carbons (Fsp3) is 0.571. The van der Waals surface area contributed by atoms with Gasteiger partial charge in [-0.15, -0.1) is 0 Å². The van der Waals surface area contributed by atoms with Crippen molar-refractivity contribution >= 4 is 15.7 Å². The molecule has 19 heavy (non-hydrogen) atoms. The molecule has 0 fully saturated rings. The summed E-state index contributed by atoms with van der Waals surface area (Å²) in [6.45, 7) is 7.88. The molecule has 0 aliphatic heterocycles. The van der Waals surface area contributed by atoms with Gasteiger partial charge in [0, 0.05) is 11.7 Å². The van der Waals surface area contributed by atoms with Crippen LogP contribution in [0.2, 0.25) is 0 Å². The van der Waals surface area contributed by atoms with E-state index in [9.17, 15) is 8.42 Å². The van der Waals surface area contributed by atoms with Crippen LogP contribution < -0.4 is 10.5 Å².